The van der Waals surface area contributed by atoms with Gasteiger partial charge in [-0.05, 0) is 55.0 Å². The van der Waals surface area contributed by atoms with Gasteiger partial charge in [-0.25, -0.2) is 0 Å². The molecule has 1 aromatic rings. The third-order valence-electron chi connectivity index (χ3n) is 3.59. The van der Waals surface area contributed by atoms with Gasteiger partial charge in [0.05, 0.1) is 5.71 Å². The fraction of sp³-hybridized carbons (Fsp3) is 0.143. The van der Waals surface area contributed by atoms with Gasteiger partial charge in [0.1, 0.15) is 0 Å². The molecule has 1 aliphatic carbocycles. The summed E-state index contributed by atoms with van der Waals surface area (Å²) < 4.78 is 0. The predicted octanol–water partition coefficient (Wildman–Crippen LogP) is 5.27. The molecule has 0 spiro atoms. The van der Waals surface area contributed by atoms with Crippen molar-refractivity contribution in [1.29, 1.82) is 0 Å². The number of hydrogen-bond acceptors (Lipinski definition) is 2. The summed E-state index contributed by atoms with van der Waals surface area (Å²) in [5.41, 5.74) is 6.53. The van der Waals surface area contributed by atoms with Gasteiger partial charge in [-0.2, -0.15) is 0 Å². The van der Waals surface area contributed by atoms with Gasteiger partial charge in [0.2, 0.25) is 0 Å². The lowest BCUT2D eigenvalue weighted by molar-refractivity contribution is 1.27. The fourth-order valence-electron chi connectivity index (χ4n) is 2.67. The second-order valence-corrected chi connectivity index (χ2v) is 5.23. The molecule has 0 heterocycles. The van der Waals surface area contributed by atoms with Gasteiger partial charge in [-0.3, -0.25) is 9.98 Å². The van der Waals surface area contributed by atoms with Crippen molar-refractivity contribution in [3.63, 3.8) is 0 Å². The van der Waals surface area contributed by atoms with Crippen LogP contribution in [-0.4, -0.2) is 19.5 Å². The molecule has 0 bridgehead atoms. The number of allylic oxidation sites excluding steroid dienone is 7. The molecule has 0 amide bonds. The van der Waals surface area contributed by atoms with Gasteiger partial charge in [-0.15, -0.1) is 6.58 Å². The number of benzene rings is 1. The highest BCUT2D eigenvalue weighted by Crippen LogP contribution is 2.30. The Kier molecular flexibility index (Phi) is 5.81. The summed E-state index contributed by atoms with van der Waals surface area (Å²) in [5, 5.41) is 0. The maximum absolute atomic E-state index is 4.48. The third kappa shape index (κ3) is 3.92. The van der Waals surface area contributed by atoms with Gasteiger partial charge >= 0.3 is 0 Å². The minimum atomic E-state index is 0.809. The van der Waals surface area contributed by atoms with E-state index in [4.69, 9.17) is 0 Å². The van der Waals surface area contributed by atoms with Crippen LogP contribution in [0.5, 0.6) is 0 Å². The maximum atomic E-state index is 4.48. The van der Waals surface area contributed by atoms with Crippen LogP contribution in [0.4, 0.5) is 0 Å². The minimum absolute atomic E-state index is 0.809. The summed E-state index contributed by atoms with van der Waals surface area (Å²) in [7, 11) is 1.81. The summed E-state index contributed by atoms with van der Waals surface area (Å²) in [4.78, 5) is 8.41. The molecule has 116 valence electrons. The summed E-state index contributed by atoms with van der Waals surface area (Å²) in [6.45, 7) is 9.43. The van der Waals surface area contributed by atoms with Crippen LogP contribution in [-0.2, 0) is 0 Å². The highest BCUT2D eigenvalue weighted by atomic mass is 14.7. The van der Waals surface area contributed by atoms with Gasteiger partial charge < -0.3 is 0 Å². The van der Waals surface area contributed by atoms with Crippen molar-refractivity contribution in [2.45, 2.75) is 13.3 Å². The molecule has 1 aromatic carbocycles. The Morgan fingerprint density at radius 3 is 2.70 bits per heavy atom. The minimum Gasteiger partial charge on any atom is -0.287 e. The molecule has 2 rings (SSSR count). The van der Waals surface area contributed by atoms with E-state index in [-0.39, 0.29) is 0 Å². The van der Waals surface area contributed by atoms with E-state index in [1.54, 1.807) is 6.20 Å². The van der Waals surface area contributed by atoms with Gasteiger partial charge in [0, 0.05) is 24.4 Å². The Balaban J connectivity index is 2.59. The second-order valence-electron chi connectivity index (χ2n) is 5.23. The van der Waals surface area contributed by atoms with E-state index in [9.17, 15) is 0 Å². The van der Waals surface area contributed by atoms with E-state index >= 15 is 0 Å². The third-order valence-corrected chi connectivity index (χ3v) is 3.59. The molecule has 0 N–H and O–H groups in total. The molecule has 0 radical (unpaired) electrons. The fourth-order valence-corrected chi connectivity index (χ4v) is 2.67. The van der Waals surface area contributed by atoms with Crippen molar-refractivity contribution in [3.8, 4) is 0 Å². The van der Waals surface area contributed by atoms with Gasteiger partial charge in [0.25, 0.3) is 0 Å². The lowest BCUT2D eigenvalue weighted by Crippen LogP contribution is -2.10. The topological polar surface area (TPSA) is 24.7 Å². The summed E-state index contributed by atoms with van der Waals surface area (Å²) in [6, 6.07) is 8.45. The van der Waals surface area contributed by atoms with Crippen LogP contribution >= 0.6 is 0 Å². The van der Waals surface area contributed by atoms with Crippen LogP contribution in [0.2, 0.25) is 0 Å². The number of rotatable bonds is 5. The average molecular weight is 302 g/mol. The molecule has 0 saturated carbocycles. The van der Waals surface area contributed by atoms with Crippen LogP contribution < -0.4 is 0 Å². The van der Waals surface area contributed by atoms with Crippen molar-refractivity contribution >= 4 is 24.1 Å². The van der Waals surface area contributed by atoms with Gasteiger partial charge in [-0.1, -0.05) is 36.4 Å². The molecule has 23 heavy (non-hydrogen) atoms. The zero-order valence-corrected chi connectivity index (χ0v) is 13.8. The average Bonchev–Trinajstić information content (AvgIpc) is 2.56. The second kappa shape index (κ2) is 8.04. The van der Waals surface area contributed by atoms with Gasteiger partial charge in [0.15, 0.2) is 0 Å². The molecular weight excluding hydrogens is 280 g/mol. The monoisotopic (exact) mass is 302 g/mol. The zero-order chi connectivity index (χ0) is 16.7. The smallest absolute Gasteiger partial charge is 0.0737 e. The van der Waals surface area contributed by atoms with Crippen molar-refractivity contribution in [1.82, 2.24) is 0 Å². The Bertz CT molecular complexity index is 756. The molecule has 0 unspecified atom stereocenters. The molecule has 0 aliphatic heterocycles. The molecule has 2 heteroatoms. The first-order valence-electron chi connectivity index (χ1n) is 7.63. The summed E-state index contributed by atoms with van der Waals surface area (Å²) >= 11 is 0. The first kappa shape index (κ1) is 16.6. The molecule has 1 aliphatic rings. The van der Waals surface area contributed by atoms with E-state index in [1.165, 1.54) is 11.1 Å². The highest BCUT2D eigenvalue weighted by Gasteiger charge is 2.18. The van der Waals surface area contributed by atoms with Crippen LogP contribution in [0, 0.1) is 0 Å². The molecule has 0 fully saturated rings. The van der Waals surface area contributed by atoms with E-state index in [2.05, 4.69) is 65.8 Å². The van der Waals surface area contributed by atoms with Crippen LogP contribution in [0.1, 0.15) is 24.5 Å². The lowest BCUT2D eigenvalue weighted by atomic mass is 9.87. The normalized spacial score (nSPS) is 18.2. The van der Waals surface area contributed by atoms with Crippen molar-refractivity contribution < 1.29 is 0 Å². The Hall–Kier alpha value is -2.74. The molecule has 0 saturated heterocycles. The highest BCUT2D eigenvalue weighted by molar-refractivity contribution is 6.34. The van der Waals surface area contributed by atoms with E-state index < -0.39 is 0 Å². The van der Waals surface area contributed by atoms with Crippen molar-refractivity contribution in [2.75, 3.05) is 7.05 Å². The van der Waals surface area contributed by atoms with Crippen molar-refractivity contribution in [2.24, 2.45) is 9.98 Å². The van der Waals surface area contributed by atoms with Crippen LogP contribution in [0.3, 0.4) is 0 Å². The first-order chi connectivity index (χ1) is 11.2. The standard InChI is InChI=1S/C21H22N2/c1-5-8-16-10-7-11-18(12-16)20-14-17(9-6-2)13-19(15-22-3)21(20)23-4/h5-8,10-15H,2-3,9H2,1,4H3/b8-5+,19-15-,23-21?. The van der Waals surface area contributed by atoms with E-state index in [1.807, 2.05) is 26.1 Å². The Morgan fingerprint density at radius 1 is 1.22 bits per heavy atom. The maximum Gasteiger partial charge on any atom is 0.0737 e. The number of aliphatic imine (C=N–C) groups is 2. The summed E-state index contributed by atoms with van der Waals surface area (Å²) in [6.07, 6.45) is 12.9. The molecule has 0 atom stereocenters. The van der Waals surface area contributed by atoms with Crippen molar-refractivity contribution in [3.05, 3.63) is 83.6 Å². The van der Waals surface area contributed by atoms with Crippen LogP contribution in [0.25, 0.3) is 11.6 Å². The summed E-state index contributed by atoms with van der Waals surface area (Å²) in [5.74, 6) is 0. The molecule has 0 aromatic heterocycles. The predicted molar refractivity (Wildman–Crippen MR) is 103 cm³/mol. The first-order valence-corrected chi connectivity index (χ1v) is 7.63. The zero-order valence-electron chi connectivity index (χ0n) is 13.8. The largest absolute Gasteiger partial charge is 0.287 e. The Morgan fingerprint density at radius 2 is 2.04 bits per heavy atom. The Labute approximate surface area is 138 Å². The SMILES string of the molecule is C=CCC1=C/C(=C/N=C)C(=NC)C(c2cccc(/C=C/C)c2)=C1. The van der Waals surface area contributed by atoms with E-state index in [0.29, 0.717) is 0 Å². The number of nitrogens with zero attached hydrogens (tertiary/aromatic N) is 2. The molecule has 2 nitrogen and oxygen atoms in total. The molecular formula is C21H22N2. The number of hydrogen-bond donors (Lipinski definition) is 0. The quantitative estimate of drug-likeness (QED) is 0.522. The van der Waals surface area contributed by atoms with Crippen LogP contribution in [0.15, 0.2) is 82.5 Å². The van der Waals surface area contributed by atoms with E-state index in [0.717, 1.165) is 28.8 Å². The lowest BCUT2D eigenvalue weighted by Gasteiger charge is -2.18.